The number of phenols is 1. The molecule has 3 N–H and O–H groups in total. The Hall–Kier alpha value is -3.32. The Kier molecular flexibility index (Phi) is 8.09. The molecule has 1 amide bonds. The van der Waals surface area contributed by atoms with Crippen LogP contribution in [-0.2, 0) is 11.2 Å². The van der Waals surface area contributed by atoms with Gasteiger partial charge in [-0.3, -0.25) is 4.79 Å². The molecule has 1 aliphatic heterocycles. The number of nitrogens with one attached hydrogen (secondary N) is 2. The molecule has 7 heteroatoms. The van der Waals surface area contributed by atoms with Gasteiger partial charge in [0.15, 0.2) is 5.76 Å². The lowest BCUT2D eigenvalue weighted by Crippen LogP contribution is -2.14. The minimum Gasteiger partial charge on any atom is -0.507 e. The van der Waals surface area contributed by atoms with Crippen LogP contribution in [0.15, 0.2) is 47.0 Å². The second-order valence-corrected chi connectivity index (χ2v) is 10.4. The van der Waals surface area contributed by atoms with Gasteiger partial charge in [-0.2, -0.15) is 0 Å². The summed E-state index contributed by atoms with van der Waals surface area (Å²) in [5, 5.41) is 21.9. The Bertz CT molecular complexity index is 1210. The molecule has 1 saturated heterocycles. The summed E-state index contributed by atoms with van der Waals surface area (Å²) in [7, 11) is 0. The minimum atomic E-state index is -0.148. The van der Waals surface area contributed by atoms with Gasteiger partial charge in [-0.1, -0.05) is 23.4 Å². The van der Waals surface area contributed by atoms with Crippen molar-refractivity contribution in [3.05, 3.63) is 48.2 Å². The van der Waals surface area contributed by atoms with E-state index in [1.807, 2.05) is 42.5 Å². The van der Waals surface area contributed by atoms with Gasteiger partial charge in [0.25, 0.3) is 0 Å². The SMILES string of the molecule is CC(=O)Nc1ccc(-c2cccc(-c3cc(CCC4CCCNCC4)no3)c2O)cc1OC1CCCC1. The lowest BCUT2D eigenvalue weighted by molar-refractivity contribution is -0.114. The van der Waals surface area contributed by atoms with Crippen LogP contribution in [0.3, 0.4) is 0 Å². The Morgan fingerprint density at radius 2 is 1.92 bits per heavy atom. The summed E-state index contributed by atoms with van der Waals surface area (Å²) < 4.78 is 12.0. The topological polar surface area (TPSA) is 96.6 Å². The molecule has 1 aromatic heterocycles. The van der Waals surface area contributed by atoms with E-state index in [4.69, 9.17) is 9.26 Å². The maximum Gasteiger partial charge on any atom is 0.221 e. The predicted molar refractivity (Wildman–Crippen MR) is 145 cm³/mol. The zero-order chi connectivity index (χ0) is 25.6. The van der Waals surface area contributed by atoms with Gasteiger partial charge >= 0.3 is 0 Å². The number of para-hydroxylation sites is 1. The van der Waals surface area contributed by atoms with Gasteiger partial charge in [0, 0.05) is 18.6 Å². The summed E-state index contributed by atoms with van der Waals surface area (Å²) in [6.07, 6.45) is 10.1. The monoisotopic (exact) mass is 503 g/mol. The Labute approximate surface area is 218 Å². The van der Waals surface area contributed by atoms with Gasteiger partial charge in [0.2, 0.25) is 5.91 Å². The zero-order valence-corrected chi connectivity index (χ0v) is 21.6. The standard InChI is InChI=1S/C30H37N3O4/c1-20(34)32-27-14-12-22(18-29(27)36-24-7-2-3-8-24)25-9-4-10-26(30(25)35)28-19-23(33-37-28)13-11-21-6-5-16-31-17-15-21/h4,9-10,12,14,18-19,21,24,31,35H,2-3,5-8,11,13,15-17H2,1H3,(H,32,34). The molecule has 0 bridgehead atoms. The summed E-state index contributed by atoms with van der Waals surface area (Å²) >= 11 is 0. The Morgan fingerprint density at radius 3 is 2.76 bits per heavy atom. The molecule has 3 aromatic rings. The average molecular weight is 504 g/mol. The van der Waals surface area contributed by atoms with Crippen LogP contribution in [0.2, 0.25) is 0 Å². The van der Waals surface area contributed by atoms with Crippen LogP contribution in [0.1, 0.15) is 64.0 Å². The number of ether oxygens (including phenoxy) is 1. The number of carbonyl (C=O) groups is 1. The quantitative estimate of drug-likeness (QED) is 0.333. The fourth-order valence-electron chi connectivity index (χ4n) is 5.53. The number of aryl methyl sites for hydroxylation is 1. The fraction of sp³-hybridized carbons (Fsp3) is 0.467. The summed E-state index contributed by atoms with van der Waals surface area (Å²) in [5.41, 5.74) is 3.65. The number of benzene rings is 2. The third-order valence-electron chi connectivity index (χ3n) is 7.56. The highest BCUT2D eigenvalue weighted by Gasteiger charge is 2.21. The number of amides is 1. The number of rotatable bonds is 8. The van der Waals surface area contributed by atoms with Crippen LogP contribution in [0.5, 0.6) is 11.5 Å². The number of nitrogens with zero attached hydrogens (tertiary/aromatic N) is 1. The number of phenolic OH excluding ortho intramolecular Hbond substituents is 1. The molecule has 1 atom stereocenters. The predicted octanol–water partition coefficient (Wildman–Crippen LogP) is 6.32. The van der Waals surface area contributed by atoms with E-state index >= 15 is 0 Å². The Balaban J connectivity index is 1.36. The van der Waals surface area contributed by atoms with Gasteiger partial charge in [-0.25, -0.2) is 0 Å². The number of aromatic nitrogens is 1. The molecule has 2 aromatic carbocycles. The Morgan fingerprint density at radius 1 is 1.08 bits per heavy atom. The molecule has 37 heavy (non-hydrogen) atoms. The first-order valence-corrected chi connectivity index (χ1v) is 13.6. The molecule has 2 aliphatic rings. The van der Waals surface area contributed by atoms with Gasteiger partial charge in [0.05, 0.1) is 23.0 Å². The maximum absolute atomic E-state index is 11.7. The molecule has 0 spiro atoms. The van der Waals surface area contributed by atoms with E-state index < -0.39 is 0 Å². The van der Waals surface area contributed by atoms with Crippen molar-refractivity contribution in [1.82, 2.24) is 10.5 Å². The van der Waals surface area contributed by atoms with Crippen molar-refractivity contribution in [2.75, 3.05) is 18.4 Å². The van der Waals surface area contributed by atoms with Crippen LogP contribution >= 0.6 is 0 Å². The van der Waals surface area contributed by atoms with Crippen molar-refractivity contribution in [2.24, 2.45) is 5.92 Å². The molecule has 2 heterocycles. The number of hydrogen-bond donors (Lipinski definition) is 3. The molecule has 5 rings (SSSR count). The fourth-order valence-corrected chi connectivity index (χ4v) is 5.53. The third-order valence-corrected chi connectivity index (χ3v) is 7.56. The van der Waals surface area contributed by atoms with Gasteiger partial charge in [0.1, 0.15) is 11.5 Å². The molecule has 196 valence electrons. The van der Waals surface area contributed by atoms with E-state index in [0.29, 0.717) is 34.2 Å². The van der Waals surface area contributed by atoms with Crippen LogP contribution < -0.4 is 15.4 Å². The second-order valence-electron chi connectivity index (χ2n) is 10.4. The first-order valence-electron chi connectivity index (χ1n) is 13.6. The van der Waals surface area contributed by atoms with Crippen molar-refractivity contribution in [3.8, 4) is 33.9 Å². The summed E-state index contributed by atoms with van der Waals surface area (Å²) in [5.74, 6) is 1.90. The van der Waals surface area contributed by atoms with E-state index in [-0.39, 0.29) is 17.8 Å². The van der Waals surface area contributed by atoms with E-state index in [0.717, 1.165) is 62.9 Å². The van der Waals surface area contributed by atoms with Crippen molar-refractivity contribution in [3.63, 3.8) is 0 Å². The number of carbonyl (C=O) groups excluding carboxylic acids is 1. The molecule has 1 saturated carbocycles. The van der Waals surface area contributed by atoms with E-state index in [1.54, 1.807) is 0 Å². The third kappa shape index (κ3) is 6.34. The molecular weight excluding hydrogens is 466 g/mol. The van der Waals surface area contributed by atoms with Gasteiger partial charge in [-0.15, -0.1) is 0 Å². The average Bonchev–Trinajstić information content (AvgIpc) is 3.51. The van der Waals surface area contributed by atoms with Crippen LogP contribution in [-0.4, -0.2) is 35.4 Å². The van der Waals surface area contributed by atoms with Gasteiger partial charge in [-0.05, 0) is 101 Å². The van der Waals surface area contributed by atoms with Crippen molar-refractivity contribution in [1.29, 1.82) is 0 Å². The molecular formula is C30H37N3O4. The van der Waals surface area contributed by atoms with Gasteiger partial charge < -0.3 is 25.0 Å². The van der Waals surface area contributed by atoms with Crippen molar-refractivity contribution >= 4 is 11.6 Å². The largest absolute Gasteiger partial charge is 0.507 e. The normalized spacial score (nSPS) is 18.5. The summed E-state index contributed by atoms with van der Waals surface area (Å²) in [6, 6.07) is 13.2. The lowest BCUT2D eigenvalue weighted by Gasteiger charge is -2.18. The summed E-state index contributed by atoms with van der Waals surface area (Å²) in [6.45, 7) is 3.70. The van der Waals surface area contributed by atoms with Crippen molar-refractivity contribution in [2.45, 2.75) is 70.8 Å². The molecule has 7 nitrogen and oxygen atoms in total. The first kappa shape index (κ1) is 25.3. The van der Waals surface area contributed by atoms with E-state index in [1.165, 1.54) is 26.2 Å². The molecule has 2 fully saturated rings. The van der Waals surface area contributed by atoms with Crippen LogP contribution in [0.25, 0.3) is 22.5 Å². The lowest BCUT2D eigenvalue weighted by atomic mass is 9.94. The van der Waals surface area contributed by atoms with Crippen molar-refractivity contribution < 1.29 is 19.2 Å². The summed E-state index contributed by atoms with van der Waals surface area (Å²) in [4.78, 5) is 11.7. The van der Waals surface area contributed by atoms with E-state index in [9.17, 15) is 9.90 Å². The highest BCUT2D eigenvalue weighted by Crippen LogP contribution is 2.41. The van der Waals surface area contributed by atoms with Crippen LogP contribution in [0, 0.1) is 5.92 Å². The van der Waals surface area contributed by atoms with Crippen LogP contribution in [0.4, 0.5) is 5.69 Å². The highest BCUT2D eigenvalue weighted by atomic mass is 16.5. The number of hydrogen-bond acceptors (Lipinski definition) is 6. The maximum atomic E-state index is 11.7. The zero-order valence-electron chi connectivity index (χ0n) is 21.6. The molecule has 0 radical (unpaired) electrons. The smallest absolute Gasteiger partial charge is 0.221 e. The minimum absolute atomic E-state index is 0.138. The highest BCUT2D eigenvalue weighted by molar-refractivity contribution is 5.91. The molecule has 1 unspecified atom stereocenters. The number of anilines is 1. The second kappa shape index (κ2) is 11.8. The first-order chi connectivity index (χ1) is 18.1. The molecule has 1 aliphatic carbocycles. The van der Waals surface area contributed by atoms with E-state index in [2.05, 4.69) is 15.8 Å². The number of aromatic hydroxyl groups is 1.